The molecule has 3 heteroatoms. The van der Waals surface area contributed by atoms with Gasteiger partial charge in [0.1, 0.15) is 0 Å². The van der Waals surface area contributed by atoms with Crippen LogP contribution in [0.2, 0.25) is 0 Å². The third-order valence-electron chi connectivity index (χ3n) is 3.22. The average molecular weight is 228 g/mol. The lowest BCUT2D eigenvalue weighted by Crippen LogP contribution is -2.26. The Hall–Kier alpha value is -0.120. The summed E-state index contributed by atoms with van der Waals surface area (Å²) in [4.78, 5) is 2.51. The molecular formula is C13H28N2O. The highest BCUT2D eigenvalue weighted by Crippen LogP contribution is 2.07. The summed E-state index contributed by atoms with van der Waals surface area (Å²) in [5, 5.41) is 3.34. The molecule has 1 aliphatic rings. The molecule has 0 radical (unpaired) electrons. The van der Waals surface area contributed by atoms with E-state index in [1.807, 2.05) is 0 Å². The van der Waals surface area contributed by atoms with Crippen molar-refractivity contribution in [3.63, 3.8) is 0 Å². The zero-order chi connectivity index (χ0) is 11.6. The van der Waals surface area contributed by atoms with Crippen molar-refractivity contribution in [1.29, 1.82) is 0 Å². The second kappa shape index (κ2) is 8.97. The molecule has 0 aliphatic carbocycles. The highest BCUT2D eigenvalue weighted by atomic mass is 16.5. The van der Waals surface area contributed by atoms with Gasteiger partial charge >= 0.3 is 0 Å². The van der Waals surface area contributed by atoms with E-state index in [1.54, 1.807) is 0 Å². The molecule has 1 unspecified atom stereocenters. The molecule has 1 fully saturated rings. The van der Waals surface area contributed by atoms with Crippen LogP contribution in [0.1, 0.15) is 39.5 Å². The Morgan fingerprint density at radius 3 is 2.75 bits per heavy atom. The molecule has 16 heavy (non-hydrogen) atoms. The van der Waals surface area contributed by atoms with Crippen LogP contribution in [0.4, 0.5) is 0 Å². The summed E-state index contributed by atoms with van der Waals surface area (Å²) >= 11 is 0. The van der Waals surface area contributed by atoms with Gasteiger partial charge in [0.05, 0.1) is 12.7 Å². The van der Waals surface area contributed by atoms with Gasteiger partial charge in [-0.3, -0.25) is 0 Å². The van der Waals surface area contributed by atoms with Crippen molar-refractivity contribution in [2.75, 3.05) is 39.3 Å². The molecule has 0 aromatic rings. The van der Waals surface area contributed by atoms with Gasteiger partial charge in [0.2, 0.25) is 0 Å². The first-order chi connectivity index (χ1) is 7.83. The van der Waals surface area contributed by atoms with Crippen LogP contribution in [-0.4, -0.2) is 50.3 Å². The predicted molar refractivity (Wildman–Crippen MR) is 68.9 cm³/mol. The predicted octanol–water partition coefficient (Wildman–Crippen LogP) is 1.88. The van der Waals surface area contributed by atoms with Crippen LogP contribution in [0.25, 0.3) is 0 Å². The maximum absolute atomic E-state index is 5.81. The van der Waals surface area contributed by atoms with E-state index in [4.69, 9.17) is 4.74 Å². The Morgan fingerprint density at radius 1 is 1.31 bits per heavy atom. The summed E-state index contributed by atoms with van der Waals surface area (Å²) < 4.78 is 5.81. The van der Waals surface area contributed by atoms with E-state index in [2.05, 4.69) is 24.1 Å². The van der Waals surface area contributed by atoms with Crippen molar-refractivity contribution in [3.05, 3.63) is 0 Å². The fourth-order valence-electron chi connectivity index (χ4n) is 2.16. The minimum Gasteiger partial charge on any atom is -0.377 e. The zero-order valence-electron chi connectivity index (χ0n) is 11.0. The van der Waals surface area contributed by atoms with Crippen molar-refractivity contribution in [1.82, 2.24) is 10.2 Å². The molecule has 1 atom stereocenters. The van der Waals surface area contributed by atoms with Crippen molar-refractivity contribution < 1.29 is 4.74 Å². The fourth-order valence-corrected chi connectivity index (χ4v) is 2.16. The molecule has 0 bridgehead atoms. The van der Waals surface area contributed by atoms with E-state index in [9.17, 15) is 0 Å². The quantitative estimate of drug-likeness (QED) is 0.610. The Kier molecular flexibility index (Phi) is 7.81. The summed E-state index contributed by atoms with van der Waals surface area (Å²) in [5.74, 6) is 0. The Morgan fingerprint density at radius 2 is 2.06 bits per heavy atom. The number of rotatable bonds is 9. The normalized spacial score (nSPS) is 19.1. The second-order valence-electron chi connectivity index (χ2n) is 4.73. The van der Waals surface area contributed by atoms with Gasteiger partial charge in [0.25, 0.3) is 0 Å². The van der Waals surface area contributed by atoms with Gasteiger partial charge in [0.15, 0.2) is 0 Å². The lowest BCUT2D eigenvalue weighted by molar-refractivity contribution is 0.0461. The van der Waals surface area contributed by atoms with Gasteiger partial charge in [-0.1, -0.05) is 6.92 Å². The lowest BCUT2D eigenvalue weighted by atomic mass is 10.2. The van der Waals surface area contributed by atoms with Crippen LogP contribution in [-0.2, 0) is 4.74 Å². The number of hydrogen-bond acceptors (Lipinski definition) is 3. The Bertz CT molecular complexity index is 158. The number of nitrogens with zero attached hydrogens (tertiary/aromatic N) is 1. The number of likely N-dealkylation sites (tertiary alicyclic amines) is 1. The minimum absolute atomic E-state index is 0.418. The minimum atomic E-state index is 0.418. The van der Waals surface area contributed by atoms with Crippen LogP contribution in [0.5, 0.6) is 0 Å². The van der Waals surface area contributed by atoms with Gasteiger partial charge in [-0.05, 0) is 58.8 Å². The number of hydrogen-bond donors (Lipinski definition) is 1. The van der Waals surface area contributed by atoms with Crippen LogP contribution >= 0.6 is 0 Å². The summed E-state index contributed by atoms with van der Waals surface area (Å²) in [6, 6.07) is 0. The van der Waals surface area contributed by atoms with Crippen molar-refractivity contribution in [2.45, 2.75) is 45.6 Å². The highest BCUT2D eigenvalue weighted by Gasteiger charge is 2.11. The molecule has 0 saturated carbocycles. The summed E-state index contributed by atoms with van der Waals surface area (Å²) in [6.07, 6.45) is 5.56. The van der Waals surface area contributed by atoms with E-state index in [1.165, 1.54) is 38.8 Å². The monoisotopic (exact) mass is 228 g/mol. The van der Waals surface area contributed by atoms with Crippen LogP contribution in [0.3, 0.4) is 0 Å². The molecule has 1 saturated heterocycles. The Balaban J connectivity index is 1.87. The molecule has 1 heterocycles. The first-order valence-corrected chi connectivity index (χ1v) is 6.87. The molecule has 1 N–H and O–H groups in total. The van der Waals surface area contributed by atoms with E-state index in [-0.39, 0.29) is 0 Å². The van der Waals surface area contributed by atoms with Crippen molar-refractivity contribution >= 4 is 0 Å². The fraction of sp³-hybridized carbons (Fsp3) is 1.00. The van der Waals surface area contributed by atoms with E-state index in [0.29, 0.717) is 6.10 Å². The molecule has 0 aromatic carbocycles. The third-order valence-corrected chi connectivity index (χ3v) is 3.22. The molecule has 0 spiro atoms. The van der Waals surface area contributed by atoms with E-state index in [0.717, 1.165) is 26.2 Å². The van der Waals surface area contributed by atoms with Crippen LogP contribution in [0.15, 0.2) is 0 Å². The van der Waals surface area contributed by atoms with Crippen LogP contribution in [0, 0.1) is 0 Å². The smallest absolute Gasteiger partial charge is 0.0597 e. The van der Waals surface area contributed by atoms with Gasteiger partial charge in [0, 0.05) is 6.54 Å². The summed E-state index contributed by atoms with van der Waals surface area (Å²) in [6.45, 7) is 11.1. The van der Waals surface area contributed by atoms with Crippen LogP contribution < -0.4 is 5.32 Å². The number of nitrogens with one attached hydrogen (secondary N) is 1. The molecular weight excluding hydrogens is 200 g/mol. The van der Waals surface area contributed by atoms with Gasteiger partial charge < -0.3 is 15.0 Å². The van der Waals surface area contributed by atoms with Gasteiger partial charge in [-0.2, -0.15) is 0 Å². The van der Waals surface area contributed by atoms with Gasteiger partial charge in [-0.15, -0.1) is 0 Å². The molecule has 1 aliphatic heterocycles. The third kappa shape index (κ3) is 6.46. The molecule has 0 aromatic heterocycles. The van der Waals surface area contributed by atoms with Crippen molar-refractivity contribution in [2.24, 2.45) is 0 Å². The molecule has 96 valence electrons. The Labute approximate surface area is 101 Å². The number of ether oxygens (including phenoxy) is 1. The largest absolute Gasteiger partial charge is 0.377 e. The first-order valence-electron chi connectivity index (χ1n) is 6.87. The standard InChI is InChI=1S/C13H28N2O/c1-3-14-8-6-7-13(2)16-12-11-15-9-4-5-10-15/h13-14H,3-12H2,1-2H3. The highest BCUT2D eigenvalue weighted by molar-refractivity contribution is 4.65. The molecule has 0 amide bonds. The average Bonchev–Trinajstić information content (AvgIpc) is 2.77. The maximum Gasteiger partial charge on any atom is 0.0597 e. The van der Waals surface area contributed by atoms with Gasteiger partial charge in [-0.25, -0.2) is 0 Å². The van der Waals surface area contributed by atoms with E-state index >= 15 is 0 Å². The van der Waals surface area contributed by atoms with E-state index < -0.39 is 0 Å². The summed E-state index contributed by atoms with van der Waals surface area (Å²) in [5.41, 5.74) is 0. The topological polar surface area (TPSA) is 24.5 Å². The summed E-state index contributed by atoms with van der Waals surface area (Å²) in [7, 11) is 0. The first kappa shape index (κ1) is 13.9. The maximum atomic E-state index is 5.81. The molecule has 3 nitrogen and oxygen atoms in total. The SMILES string of the molecule is CCNCCCC(C)OCCN1CCCC1. The second-order valence-corrected chi connectivity index (χ2v) is 4.73. The lowest BCUT2D eigenvalue weighted by Gasteiger charge is -2.17. The molecule has 1 rings (SSSR count). The zero-order valence-corrected chi connectivity index (χ0v) is 11.0. The van der Waals surface area contributed by atoms with Crippen molar-refractivity contribution in [3.8, 4) is 0 Å².